The molecule has 1 N–H and O–H groups in total. The fourth-order valence-electron chi connectivity index (χ4n) is 1.42. The van der Waals surface area contributed by atoms with E-state index in [4.69, 9.17) is 0 Å². The zero-order valence-corrected chi connectivity index (χ0v) is 9.13. The molecule has 2 amide bonds. The van der Waals surface area contributed by atoms with Crippen LogP contribution in [0.2, 0.25) is 0 Å². The topological polar surface area (TPSA) is 62.3 Å². The van der Waals surface area contributed by atoms with Crippen LogP contribution < -0.4 is 5.32 Å². The molecule has 1 aliphatic heterocycles. The highest BCUT2D eigenvalue weighted by atomic mass is 32.1. The van der Waals surface area contributed by atoms with E-state index in [9.17, 15) is 9.59 Å². The summed E-state index contributed by atoms with van der Waals surface area (Å²) >= 11 is 1.55. The van der Waals surface area contributed by atoms with E-state index in [-0.39, 0.29) is 24.9 Å². The Bertz CT molecular complexity index is 402. The monoisotopic (exact) mass is 225 g/mol. The summed E-state index contributed by atoms with van der Waals surface area (Å²) < 4.78 is 0. The van der Waals surface area contributed by atoms with Gasteiger partial charge in [0, 0.05) is 5.38 Å². The van der Waals surface area contributed by atoms with Crippen molar-refractivity contribution in [2.75, 3.05) is 13.1 Å². The van der Waals surface area contributed by atoms with Crippen LogP contribution in [-0.4, -0.2) is 34.8 Å². The standard InChI is InChI=1S/C9H11N3O2S/c1-6-11-7(5-15-6)3-12-4-8(13)10-2-9(12)14/h5H,2-4H2,1H3,(H,10,13). The third kappa shape index (κ3) is 2.33. The highest BCUT2D eigenvalue weighted by Gasteiger charge is 2.23. The Balaban J connectivity index is 2.04. The molecule has 1 aliphatic rings. The summed E-state index contributed by atoms with van der Waals surface area (Å²) in [7, 11) is 0. The summed E-state index contributed by atoms with van der Waals surface area (Å²) in [5, 5.41) is 5.39. The summed E-state index contributed by atoms with van der Waals surface area (Å²) in [5.74, 6) is -0.165. The second kappa shape index (κ2) is 3.98. The maximum atomic E-state index is 11.4. The number of amides is 2. The Kier molecular flexibility index (Phi) is 2.68. The zero-order valence-electron chi connectivity index (χ0n) is 8.32. The van der Waals surface area contributed by atoms with Gasteiger partial charge in [-0.15, -0.1) is 11.3 Å². The molecule has 0 unspecified atom stereocenters. The van der Waals surface area contributed by atoms with Gasteiger partial charge >= 0.3 is 0 Å². The van der Waals surface area contributed by atoms with E-state index in [1.54, 1.807) is 11.3 Å². The molecule has 1 aromatic rings. The lowest BCUT2D eigenvalue weighted by molar-refractivity contribution is -0.141. The van der Waals surface area contributed by atoms with Gasteiger partial charge in [-0.05, 0) is 6.92 Å². The lowest BCUT2D eigenvalue weighted by Crippen LogP contribution is -2.51. The number of aromatic nitrogens is 1. The van der Waals surface area contributed by atoms with Gasteiger partial charge in [0.15, 0.2) is 0 Å². The van der Waals surface area contributed by atoms with Crippen LogP contribution in [0.1, 0.15) is 10.7 Å². The molecule has 2 heterocycles. The van der Waals surface area contributed by atoms with E-state index in [1.807, 2.05) is 12.3 Å². The molecule has 0 atom stereocenters. The van der Waals surface area contributed by atoms with Crippen molar-refractivity contribution in [1.29, 1.82) is 0 Å². The number of nitrogens with one attached hydrogen (secondary N) is 1. The van der Waals surface area contributed by atoms with Crippen molar-refractivity contribution in [3.8, 4) is 0 Å². The van der Waals surface area contributed by atoms with Crippen LogP contribution in [0.3, 0.4) is 0 Å². The number of piperazine rings is 1. The Morgan fingerprint density at radius 1 is 1.60 bits per heavy atom. The highest BCUT2D eigenvalue weighted by molar-refractivity contribution is 7.09. The smallest absolute Gasteiger partial charge is 0.242 e. The zero-order chi connectivity index (χ0) is 10.8. The summed E-state index contributed by atoms with van der Waals surface area (Å²) in [6.07, 6.45) is 0. The van der Waals surface area contributed by atoms with Crippen LogP contribution in [-0.2, 0) is 16.1 Å². The first-order chi connectivity index (χ1) is 7.15. The molecule has 0 saturated carbocycles. The summed E-state index contributed by atoms with van der Waals surface area (Å²) in [6, 6.07) is 0. The van der Waals surface area contributed by atoms with Crippen LogP contribution in [0, 0.1) is 6.92 Å². The van der Waals surface area contributed by atoms with Gasteiger partial charge in [0.25, 0.3) is 0 Å². The number of nitrogens with zero attached hydrogens (tertiary/aromatic N) is 2. The molecule has 0 aromatic carbocycles. The quantitative estimate of drug-likeness (QED) is 0.765. The molecular weight excluding hydrogens is 214 g/mol. The van der Waals surface area contributed by atoms with E-state index < -0.39 is 0 Å². The average molecular weight is 225 g/mol. The van der Waals surface area contributed by atoms with Crippen LogP contribution in [0.25, 0.3) is 0 Å². The molecule has 0 bridgehead atoms. The van der Waals surface area contributed by atoms with Gasteiger partial charge in [-0.2, -0.15) is 0 Å². The number of hydrogen-bond acceptors (Lipinski definition) is 4. The second-order valence-corrected chi connectivity index (χ2v) is 4.45. The van der Waals surface area contributed by atoms with Crippen molar-refractivity contribution in [3.05, 3.63) is 16.1 Å². The third-order valence-electron chi connectivity index (χ3n) is 2.14. The summed E-state index contributed by atoms with van der Waals surface area (Å²) in [5.41, 5.74) is 0.848. The molecule has 0 spiro atoms. The Morgan fingerprint density at radius 2 is 2.40 bits per heavy atom. The van der Waals surface area contributed by atoms with Gasteiger partial charge < -0.3 is 10.2 Å². The number of aryl methyl sites for hydroxylation is 1. The summed E-state index contributed by atoms with van der Waals surface area (Å²) in [4.78, 5) is 28.3. The molecule has 80 valence electrons. The molecular formula is C9H11N3O2S. The Morgan fingerprint density at radius 3 is 3.07 bits per heavy atom. The number of carbonyl (C=O) groups is 2. The van der Waals surface area contributed by atoms with Crippen molar-refractivity contribution in [3.63, 3.8) is 0 Å². The predicted molar refractivity (Wildman–Crippen MR) is 55.3 cm³/mol. The minimum atomic E-state index is -0.110. The molecule has 0 radical (unpaired) electrons. The molecule has 0 aliphatic carbocycles. The minimum absolute atomic E-state index is 0.0553. The molecule has 1 fully saturated rings. The van der Waals surface area contributed by atoms with Crippen molar-refractivity contribution < 1.29 is 9.59 Å². The Hall–Kier alpha value is -1.43. The molecule has 1 aromatic heterocycles. The molecule has 1 saturated heterocycles. The van der Waals surface area contributed by atoms with E-state index in [0.29, 0.717) is 6.54 Å². The lowest BCUT2D eigenvalue weighted by Gasteiger charge is -2.25. The van der Waals surface area contributed by atoms with Crippen molar-refractivity contribution in [2.24, 2.45) is 0 Å². The van der Waals surface area contributed by atoms with Gasteiger partial charge in [0.05, 0.1) is 30.3 Å². The first-order valence-corrected chi connectivity index (χ1v) is 5.48. The van der Waals surface area contributed by atoms with Crippen LogP contribution in [0.5, 0.6) is 0 Å². The Labute approximate surface area is 91.1 Å². The fourth-order valence-corrected chi connectivity index (χ4v) is 2.03. The molecule has 5 nitrogen and oxygen atoms in total. The van der Waals surface area contributed by atoms with E-state index in [1.165, 1.54) is 4.90 Å². The summed E-state index contributed by atoms with van der Waals surface area (Å²) in [6.45, 7) is 2.58. The first-order valence-electron chi connectivity index (χ1n) is 4.60. The van der Waals surface area contributed by atoms with Gasteiger partial charge in [-0.1, -0.05) is 0 Å². The van der Waals surface area contributed by atoms with Gasteiger partial charge in [0.2, 0.25) is 11.8 Å². The predicted octanol–water partition coefficient (Wildman–Crippen LogP) is -0.0901. The van der Waals surface area contributed by atoms with Crippen LogP contribution in [0.15, 0.2) is 5.38 Å². The number of hydrogen-bond donors (Lipinski definition) is 1. The second-order valence-electron chi connectivity index (χ2n) is 3.38. The minimum Gasteiger partial charge on any atom is -0.345 e. The third-order valence-corrected chi connectivity index (χ3v) is 2.97. The SMILES string of the molecule is Cc1nc(CN2CC(=O)NCC2=O)cs1. The number of rotatable bonds is 2. The average Bonchev–Trinajstić information content (AvgIpc) is 2.58. The molecule has 15 heavy (non-hydrogen) atoms. The maximum Gasteiger partial charge on any atom is 0.242 e. The molecule has 2 rings (SSSR count). The molecule has 6 heteroatoms. The maximum absolute atomic E-state index is 11.4. The first kappa shape index (κ1) is 10.1. The van der Waals surface area contributed by atoms with Gasteiger partial charge in [0.1, 0.15) is 0 Å². The van der Waals surface area contributed by atoms with Crippen LogP contribution in [0.4, 0.5) is 0 Å². The number of carbonyl (C=O) groups excluding carboxylic acids is 2. The van der Waals surface area contributed by atoms with E-state index in [2.05, 4.69) is 10.3 Å². The normalized spacial score (nSPS) is 16.7. The van der Waals surface area contributed by atoms with Crippen molar-refractivity contribution in [1.82, 2.24) is 15.2 Å². The van der Waals surface area contributed by atoms with Gasteiger partial charge in [-0.3, -0.25) is 9.59 Å². The van der Waals surface area contributed by atoms with E-state index in [0.717, 1.165) is 10.7 Å². The van der Waals surface area contributed by atoms with Crippen molar-refractivity contribution >= 4 is 23.2 Å². The van der Waals surface area contributed by atoms with Gasteiger partial charge in [-0.25, -0.2) is 4.98 Å². The van der Waals surface area contributed by atoms with E-state index >= 15 is 0 Å². The van der Waals surface area contributed by atoms with Crippen LogP contribution >= 0.6 is 11.3 Å². The fraction of sp³-hybridized carbons (Fsp3) is 0.444. The highest BCUT2D eigenvalue weighted by Crippen LogP contribution is 2.11. The van der Waals surface area contributed by atoms with Crippen molar-refractivity contribution in [2.45, 2.75) is 13.5 Å². The largest absolute Gasteiger partial charge is 0.345 e. The number of thiazole rings is 1. The lowest BCUT2D eigenvalue weighted by atomic mass is 10.3.